The average molecular weight is 466 g/mol. The molecule has 0 unspecified atom stereocenters. The smallest absolute Gasteiger partial charge is 0.338 e. The van der Waals surface area contributed by atoms with Gasteiger partial charge in [-0.25, -0.2) is 14.2 Å². The maximum absolute atomic E-state index is 14.9. The summed E-state index contributed by atoms with van der Waals surface area (Å²) in [5.74, 6) is -1.21. The van der Waals surface area contributed by atoms with Gasteiger partial charge in [0.15, 0.2) is 5.17 Å². The zero-order chi connectivity index (χ0) is 23.5. The summed E-state index contributed by atoms with van der Waals surface area (Å²) in [7, 11) is 0. The Balaban J connectivity index is 1.67. The first-order chi connectivity index (χ1) is 15.9. The summed E-state index contributed by atoms with van der Waals surface area (Å²) in [6, 6.07) is 13.0. The maximum atomic E-state index is 14.9. The summed E-state index contributed by atoms with van der Waals surface area (Å²) in [6.07, 6.45) is 0.0417. The molecule has 0 fully saturated rings. The predicted molar refractivity (Wildman–Crippen MR) is 128 cm³/mol. The van der Waals surface area contributed by atoms with Crippen LogP contribution in [0, 0.1) is 12.7 Å². The lowest BCUT2D eigenvalue weighted by molar-refractivity contribution is -0.139. The molecule has 0 bridgehead atoms. The van der Waals surface area contributed by atoms with E-state index < -0.39 is 17.8 Å². The summed E-state index contributed by atoms with van der Waals surface area (Å²) in [5.41, 5.74) is 3.47. The number of allylic oxidation sites excluding steroid dienone is 1. The summed E-state index contributed by atoms with van der Waals surface area (Å²) in [5, 5.41) is 5.30. The number of rotatable bonds is 6. The number of esters is 1. The summed E-state index contributed by atoms with van der Waals surface area (Å²) in [4.78, 5) is 32.0. The van der Waals surface area contributed by atoms with Crippen molar-refractivity contribution in [3.05, 3.63) is 87.9 Å². The monoisotopic (exact) mass is 465 g/mol. The molecule has 2 aliphatic rings. The Morgan fingerprint density at radius 3 is 2.58 bits per heavy atom. The van der Waals surface area contributed by atoms with Crippen LogP contribution in [-0.2, 0) is 14.3 Å². The molecule has 0 aromatic heterocycles. The highest BCUT2D eigenvalue weighted by Crippen LogP contribution is 2.45. The zero-order valence-electron chi connectivity index (χ0n) is 18.6. The van der Waals surface area contributed by atoms with Gasteiger partial charge in [-0.15, -0.1) is 0 Å². The standard InChI is InChI=1S/C25H24FN3O3S/c1-4-32-24(31)22-16(3)27-25-29(23(22)19-7-5-6-8-20(19)26)18(14-33-25)13-21(30)28-17-11-9-15(2)10-12-17/h5-12,14,23H,4,13H2,1-3H3,(H,28,30)/t23-/m1/s1. The SMILES string of the molecule is CCOC(=O)C1=C(C)N=C2SC=C(CC(=O)Nc3ccc(C)cc3)N2[C@@H]1c1ccccc1F. The van der Waals surface area contributed by atoms with E-state index in [4.69, 9.17) is 4.74 Å². The molecule has 8 heteroatoms. The van der Waals surface area contributed by atoms with Crippen LogP contribution >= 0.6 is 11.8 Å². The Bertz CT molecular complexity index is 1190. The first-order valence-corrected chi connectivity index (χ1v) is 11.5. The third kappa shape index (κ3) is 4.71. The number of fused-ring (bicyclic) bond motifs is 1. The molecule has 2 aromatic carbocycles. The lowest BCUT2D eigenvalue weighted by Gasteiger charge is -2.36. The van der Waals surface area contributed by atoms with E-state index in [1.807, 2.05) is 36.6 Å². The van der Waals surface area contributed by atoms with Crippen molar-refractivity contribution >= 4 is 34.5 Å². The Morgan fingerprint density at radius 1 is 1.15 bits per heavy atom. The van der Waals surface area contributed by atoms with Crippen LogP contribution in [0.3, 0.4) is 0 Å². The Morgan fingerprint density at radius 2 is 1.88 bits per heavy atom. The number of nitrogens with one attached hydrogen (secondary N) is 1. The number of benzene rings is 2. The molecule has 0 saturated carbocycles. The highest BCUT2D eigenvalue weighted by Gasteiger charge is 2.42. The fourth-order valence-electron chi connectivity index (χ4n) is 3.84. The highest BCUT2D eigenvalue weighted by molar-refractivity contribution is 8.16. The van der Waals surface area contributed by atoms with Gasteiger partial charge in [-0.2, -0.15) is 0 Å². The van der Waals surface area contributed by atoms with Gasteiger partial charge < -0.3 is 15.0 Å². The number of nitrogens with zero attached hydrogens (tertiary/aromatic N) is 2. The minimum absolute atomic E-state index is 0.0417. The largest absolute Gasteiger partial charge is 0.463 e. The summed E-state index contributed by atoms with van der Waals surface area (Å²) >= 11 is 1.34. The number of ether oxygens (including phenoxy) is 1. The van der Waals surface area contributed by atoms with Gasteiger partial charge in [0.1, 0.15) is 5.82 Å². The van der Waals surface area contributed by atoms with Crippen LogP contribution in [0.25, 0.3) is 0 Å². The molecule has 1 amide bonds. The van der Waals surface area contributed by atoms with E-state index in [0.29, 0.717) is 27.8 Å². The summed E-state index contributed by atoms with van der Waals surface area (Å²) < 4.78 is 20.2. The number of amidine groups is 1. The number of thioether (sulfide) groups is 1. The quantitative estimate of drug-likeness (QED) is 0.586. The van der Waals surface area contributed by atoms with Gasteiger partial charge >= 0.3 is 5.97 Å². The molecule has 170 valence electrons. The van der Waals surface area contributed by atoms with Gasteiger partial charge in [0.2, 0.25) is 5.91 Å². The molecule has 1 atom stereocenters. The third-order valence-electron chi connectivity index (χ3n) is 5.37. The first kappa shape index (κ1) is 22.8. The van der Waals surface area contributed by atoms with Crippen molar-refractivity contribution in [3.63, 3.8) is 0 Å². The first-order valence-electron chi connectivity index (χ1n) is 10.6. The number of aryl methyl sites for hydroxylation is 1. The van der Waals surface area contributed by atoms with Gasteiger partial charge in [0, 0.05) is 16.9 Å². The van der Waals surface area contributed by atoms with E-state index in [-0.39, 0.29) is 24.5 Å². The Labute approximate surface area is 196 Å². The number of amides is 1. The van der Waals surface area contributed by atoms with Crippen LogP contribution in [0.5, 0.6) is 0 Å². The number of anilines is 1. The van der Waals surface area contributed by atoms with Crippen molar-refractivity contribution in [2.45, 2.75) is 33.2 Å². The molecule has 2 aliphatic heterocycles. The second kappa shape index (κ2) is 9.62. The van der Waals surface area contributed by atoms with Crippen molar-refractivity contribution < 1.29 is 18.7 Å². The average Bonchev–Trinajstić information content (AvgIpc) is 3.17. The maximum Gasteiger partial charge on any atom is 0.338 e. The van der Waals surface area contributed by atoms with E-state index in [1.54, 1.807) is 36.9 Å². The molecule has 33 heavy (non-hydrogen) atoms. The number of halogens is 1. The van der Waals surface area contributed by atoms with Gasteiger partial charge in [-0.3, -0.25) is 4.79 Å². The van der Waals surface area contributed by atoms with E-state index in [1.165, 1.54) is 17.8 Å². The number of hydrogen-bond donors (Lipinski definition) is 1. The molecule has 1 N–H and O–H groups in total. The molecule has 0 saturated heterocycles. The van der Waals surface area contributed by atoms with Crippen LogP contribution in [0.2, 0.25) is 0 Å². The second-order valence-electron chi connectivity index (χ2n) is 7.73. The lowest BCUT2D eigenvalue weighted by Crippen LogP contribution is -2.38. The molecule has 2 heterocycles. The van der Waals surface area contributed by atoms with Gasteiger partial charge in [-0.05, 0) is 44.4 Å². The topological polar surface area (TPSA) is 71.0 Å². The number of hydrogen-bond acceptors (Lipinski definition) is 6. The van der Waals surface area contributed by atoms with Gasteiger partial charge in [-0.1, -0.05) is 47.7 Å². The molecular formula is C25H24FN3O3S. The van der Waals surface area contributed by atoms with E-state index in [9.17, 15) is 14.0 Å². The van der Waals surface area contributed by atoms with Crippen molar-refractivity contribution in [1.29, 1.82) is 0 Å². The lowest BCUT2D eigenvalue weighted by atomic mass is 9.93. The number of aliphatic imine (C=N–C) groups is 1. The molecule has 0 aliphatic carbocycles. The minimum Gasteiger partial charge on any atom is -0.463 e. The van der Waals surface area contributed by atoms with E-state index in [2.05, 4.69) is 10.3 Å². The predicted octanol–water partition coefficient (Wildman–Crippen LogP) is 5.30. The molecule has 4 rings (SSSR count). The molecule has 6 nitrogen and oxygen atoms in total. The molecule has 0 radical (unpaired) electrons. The van der Waals surface area contributed by atoms with Crippen molar-refractivity contribution in [1.82, 2.24) is 4.90 Å². The van der Waals surface area contributed by atoms with Crippen LogP contribution in [0.4, 0.5) is 10.1 Å². The fraction of sp³-hybridized carbons (Fsp3) is 0.240. The normalized spacial score (nSPS) is 17.3. The minimum atomic E-state index is -0.786. The van der Waals surface area contributed by atoms with Crippen molar-refractivity contribution in [3.8, 4) is 0 Å². The number of carbonyl (C=O) groups excluding carboxylic acids is 2. The Hall–Kier alpha value is -3.39. The molecular weight excluding hydrogens is 441 g/mol. The fourth-order valence-corrected chi connectivity index (χ4v) is 4.80. The van der Waals surface area contributed by atoms with Gasteiger partial charge in [0.05, 0.1) is 30.3 Å². The highest BCUT2D eigenvalue weighted by atomic mass is 32.2. The van der Waals surface area contributed by atoms with Crippen molar-refractivity contribution in [2.24, 2.45) is 4.99 Å². The van der Waals surface area contributed by atoms with Crippen LogP contribution in [-0.4, -0.2) is 28.6 Å². The second-order valence-corrected chi connectivity index (χ2v) is 8.56. The van der Waals surface area contributed by atoms with Crippen LogP contribution < -0.4 is 5.32 Å². The Kier molecular flexibility index (Phi) is 6.65. The van der Waals surface area contributed by atoms with Gasteiger partial charge in [0.25, 0.3) is 0 Å². The van der Waals surface area contributed by atoms with Crippen LogP contribution in [0.15, 0.2) is 75.9 Å². The van der Waals surface area contributed by atoms with E-state index >= 15 is 0 Å². The zero-order valence-corrected chi connectivity index (χ0v) is 19.4. The van der Waals surface area contributed by atoms with E-state index in [0.717, 1.165) is 5.56 Å². The molecule has 0 spiro atoms. The van der Waals surface area contributed by atoms with Crippen LogP contribution in [0.1, 0.15) is 37.4 Å². The molecule has 2 aromatic rings. The number of carbonyl (C=O) groups is 2. The summed E-state index contributed by atoms with van der Waals surface area (Å²) in [6.45, 7) is 5.60. The third-order valence-corrected chi connectivity index (χ3v) is 6.26. The van der Waals surface area contributed by atoms with Crippen molar-refractivity contribution in [2.75, 3.05) is 11.9 Å².